The van der Waals surface area contributed by atoms with Gasteiger partial charge in [-0.15, -0.1) is 0 Å². The number of non-ortho nitro benzene ring substituents is 1. The summed E-state index contributed by atoms with van der Waals surface area (Å²) in [6, 6.07) is 5.23. The Morgan fingerprint density at radius 2 is 2.22 bits per heavy atom. The quantitative estimate of drug-likeness (QED) is 0.596. The number of ether oxygens (including phenoxy) is 1. The van der Waals surface area contributed by atoms with Gasteiger partial charge in [-0.25, -0.2) is 0 Å². The number of benzene rings is 1. The molecule has 0 saturated heterocycles. The van der Waals surface area contributed by atoms with Gasteiger partial charge in [0, 0.05) is 25.3 Å². The van der Waals surface area contributed by atoms with Crippen LogP contribution in [0.15, 0.2) is 18.2 Å². The highest BCUT2D eigenvalue weighted by Gasteiger charge is 2.12. The summed E-state index contributed by atoms with van der Waals surface area (Å²) < 4.78 is 5.16. The molecule has 1 N–H and O–H groups in total. The Bertz CT molecular complexity index is 401. The van der Waals surface area contributed by atoms with E-state index in [0.29, 0.717) is 6.61 Å². The third-order valence-electron chi connectivity index (χ3n) is 2.86. The van der Waals surface area contributed by atoms with Crippen molar-refractivity contribution in [2.75, 3.05) is 20.3 Å². The van der Waals surface area contributed by atoms with Crippen LogP contribution >= 0.6 is 0 Å². The highest BCUT2D eigenvalue weighted by Crippen LogP contribution is 2.18. The lowest BCUT2D eigenvalue weighted by Gasteiger charge is -2.18. The lowest BCUT2D eigenvalue weighted by atomic mass is 10.0. The van der Waals surface area contributed by atoms with E-state index in [1.54, 1.807) is 19.2 Å². The van der Waals surface area contributed by atoms with Crippen LogP contribution in [0, 0.1) is 17.0 Å². The second-order valence-electron chi connectivity index (χ2n) is 4.28. The molecule has 1 unspecified atom stereocenters. The number of hydrogen-bond donors (Lipinski definition) is 1. The van der Waals surface area contributed by atoms with Crippen LogP contribution in [0.25, 0.3) is 0 Å². The topological polar surface area (TPSA) is 64.4 Å². The van der Waals surface area contributed by atoms with E-state index < -0.39 is 0 Å². The van der Waals surface area contributed by atoms with Crippen molar-refractivity contribution < 1.29 is 9.66 Å². The van der Waals surface area contributed by atoms with Crippen LogP contribution in [0.3, 0.4) is 0 Å². The predicted molar refractivity (Wildman–Crippen MR) is 70.9 cm³/mol. The van der Waals surface area contributed by atoms with E-state index in [1.807, 2.05) is 19.9 Å². The summed E-state index contributed by atoms with van der Waals surface area (Å²) in [4.78, 5) is 10.3. The zero-order chi connectivity index (χ0) is 13.5. The first kappa shape index (κ1) is 14.6. The summed E-state index contributed by atoms with van der Waals surface area (Å²) in [6.07, 6.45) is 0.811. The number of nitrogens with zero attached hydrogens (tertiary/aromatic N) is 1. The van der Waals surface area contributed by atoms with E-state index in [4.69, 9.17) is 4.74 Å². The van der Waals surface area contributed by atoms with E-state index >= 15 is 0 Å². The highest BCUT2D eigenvalue weighted by molar-refractivity contribution is 5.39. The third-order valence-corrected chi connectivity index (χ3v) is 2.86. The summed E-state index contributed by atoms with van der Waals surface area (Å²) in [5.41, 5.74) is 2.20. The number of nitro benzene ring substituents is 1. The molecule has 18 heavy (non-hydrogen) atoms. The standard InChI is InChI=1S/C13H20N2O3/c1-4-14-12(9-18-3)8-11-5-6-13(15(16)17)7-10(11)2/h5-7,12,14H,4,8-9H2,1-3H3. The molecule has 0 amide bonds. The second-order valence-corrected chi connectivity index (χ2v) is 4.28. The van der Waals surface area contributed by atoms with Crippen molar-refractivity contribution in [2.45, 2.75) is 26.3 Å². The van der Waals surface area contributed by atoms with Crippen LogP contribution in [0.1, 0.15) is 18.1 Å². The Morgan fingerprint density at radius 1 is 1.50 bits per heavy atom. The number of hydrogen-bond acceptors (Lipinski definition) is 4. The van der Waals surface area contributed by atoms with Gasteiger partial charge in [-0.05, 0) is 31.0 Å². The molecule has 0 aliphatic carbocycles. The Kier molecular flexibility index (Phi) is 5.74. The third kappa shape index (κ3) is 4.09. The Labute approximate surface area is 107 Å². The average Bonchev–Trinajstić information content (AvgIpc) is 2.32. The fraction of sp³-hybridized carbons (Fsp3) is 0.538. The van der Waals surface area contributed by atoms with Crippen LogP contribution in [-0.2, 0) is 11.2 Å². The molecule has 0 heterocycles. The van der Waals surface area contributed by atoms with Crippen LogP contribution in [-0.4, -0.2) is 31.2 Å². The van der Waals surface area contributed by atoms with E-state index in [0.717, 1.165) is 24.1 Å². The molecular weight excluding hydrogens is 232 g/mol. The molecule has 0 aliphatic heterocycles. The molecule has 5 heteroatoms. The van der Waals surface area contributed by atoms with Gasteiger partial charge in [0.2, 0.25) is 0 Å². The second kappa shape index (κ2) is 7.08. The van der Waals surface area contributed by atoms with Gasteiger partial charge in [0.1, 0.15) is 0 Å². The number of nitrogens with one attached hydrogen (secondary N) is 1. The smallest absolute Gasteiger partial charge is 0.269 e. The van der Waals surface area contributed by atoms with Crippen molar-refractivity contribution in [3.05, 3.63) is 39.4 Å². The summed E-state index contributed by atoms with van der Waals surface area (Å²) in [5.74, 6) is 0. The van der Waals surface area contributed by atoms with Gasteiger partial charge in [0.25, 0.3) is 5.69 Å². The van der Waals surface area contributed by atoms with E-state index in [2.05, 4.69) is 5.32 Å². The zero-order valence-corrected chi connectivity index (χ0v) is 11.1. The monoisotopic (exact) mass is 252 g/mol. The normalized spacial score (nSPS) is 12.4. The van der Waals surface area contributed by atoms with Gasteiger partial charge >= 0.3 is 0 Å². The molecule has 5 nitrogen and oxygen atoms in total. The number of aryl methyl sites for hydroxylation is 1. The number of likely N-dealkylation sites (N-methyl/N-ethyl adjacent to an activating group) is 1. The number of methoxy groups -OCH3 is 1. The highest BCUT2D eigenvalue weighted by atomic mass is 16.6. The lowest BCUT2D eigenvalue weighted by Crippen LogP contribution is -2.35. The maximum Gasteiger partial charge on any atom is 0.269 e. The summed E-state index contributed by atoms with van der Waals surface area (Å²) in [7, 11) is 1.67. The summed E-state index contributed by atoms with van der Waals surface area (Å²) in [5, 5.41) is 14.0. The van der Waals surface area contributed by atoms with Crippen molar-refractivity contribution in [3.8, 4) is 0 Å². The minimum Gasteiger partial charge on any atom is -0.383 e. The first-order chi connectivity index (χ1) is 8.58. The van der Waals surface area contributed by atoms with Gasteiger partial charge in [-0.1, -0.05) is 13.0 Å². The first-order valence-electron chi connectivity index (χ1n) is 6.04. The van der Waals surface area contributed by atoms with Gasteiger partial charge < -0.3 is 10.1 Å². The van der Waals surface area contributed by atoms with Crippen molar-refractivity contribution in [1.29, 1.82) is 0 Å². The Morgan fingerprint density at radius 3 is 2.72 bits per heavy atom. The SMILES string of the molecule is CCNC(COC)Cc1ccc([N+](=O)[O-])cc1C. The molecule has 0 fully saturated rings. The molecular formula is C13H20N2O3. The molecule has 1 aromatic carbocycles. The largest absolute Gasteiger partial charge is 0.383 e. The maximum absolute atomic E-state index is 10.7. The van der Waals surface area contributed by atoms with Crippen LogP contribution in [0.5, 0.6) is 0 Å². The van der Waals surface area contributed by atoms with Crippen molar-refractivity contribution in [1.82, 2.24) is 5.32 Å². The summed E-state index contributed by atoms with van der Waals surface area (Å²) in [6.45, 7) is 5.45. The van der Waals surface area contributed by atoms with Crippen molar-refractivity contribution in [3.63, 3.8) is 0 Å². The molecule has 0 saturated carbocycles. The maximum atomic E-state index is 10.7. The van der Waals surface area contributed by atoms with Crippen molar-refractivity contribution >= 4 is 5.69 Å². The van der Waals surface area contributed by atoms with E-state index in [9.17, 15) is 10.1 Å². The zero-order valence-electron chi connectivity index (χ0n) is 11.1. The van der Waals surface area contributed by atoms with Crippen LogP contribution in [0.2, 0.25) is 0 Å². The predicted octanol–water partition coefficient (Wildman–Crippen LogP) is 2.07. The Hall–Kier alpha value is -1.46. The lowest BCUT2D eigenvalue weighted by molar-refractivity contribution is -0.384. The first-order valence-corrected chi connectivity index (χ1v) is 6.04. The number of rotatable bonds is 7. The molecule has 0 radical (unpaired) electrons. The van der Waals surface area contributed by atoms with Gasteiger partial charge in [-0.2, -0.15) is 0 Å². The molecule has 100 valence electrons. The average molecular weight is 252 g/mol. The van der Waals surface area contributed by atoms with Gasteiger partial charge in [-0.3, -0.25) is 10.1 Å². The fourth-order valence-electron chi connectivity index (χ4n) is 1.97. The summed E-state index contributed by atoms with van der Waals surface area (Å²) >= 11 is 0. The molecule has 0 aromatic heterocycles. The molecule has 1 rings (SSSR count). The molecule has 0 spiro atoms. The van der Waals surface area contributed by atoms with Crippen LogP contribution < -0.4 is 5.32 Å². The fourth-order valence-corrected chi connectivity index (χ4v) is 1.97. The van der Waals surface area contributed by atoms with E-state index in [1.165, 1.54) is 0 Å². The minimum atomic E-state index is -0.367. The number of nitro groups is 1. The minimum absolute atomic E-state index is 0.142. The van der Waals surface area contributed by atoms with Crippen molar-refractivity contribution in [2.24, 2.45) is 0 Å². The molecule has 1 aromatic rings. The molecule has 1 atom stereocenters. The van der Waals surface area contributed by atoms with Crippen LogP contribution in [0.4, 0.5) is 5.69 Å². The molecule has 0 bridgehead atoms. The Balaban J connectivity index is 2.79. The van der Waals surface area contributed by atoms with E-state index in [-0.39, 0.29) is 16.7 Å². The van der Waals surface area contributed by atoms with Gasteiger partial charge in [0.15, 0.2) is 0 Å². The van der Waals surface area contributed by atoms with Gasteiger partial charge in [0.05, 0.1) is 11.5 Å². The molecule has 0 aliphatic rings.